The van der Waals surface area contributed by atoms with Crippen LogP contribution in [0, 0.1) is 13.8 Å². The molecule has 0 atom stereocenters. The Morgan fingerprint density at radius 3 is 2.49 bits per heavy atom. The van der Waals surface area contributed by atoms with Crippen molar-refractivity contribution in [1.82, 2.24) is 19.9 Å². The third-order valence-corrected chi connectivity index (χ3v) is 6.61. The predicted octanol–water partition coefficient (Wildman–Crippen LogP) is 3.88. The highest BCUT2D eigenvalue weighted by Crippen LogP contribution is 2.24. The zero-order chi connectivity index (χ0) is 24.4. The van der Waals surface area contributed by atoms with Crippen molar-refractivity contribution in [1.29, 1.82) is 0 Å². The van der Waals surface area contributed by atoms with E-state index in [0.717, 1.165) is 27.7 Å². The van der Waals surface area contributed by atoms with E-state index in [1.807, 2.05) is 61.3 Å². The number of carbonyl (C=O) groups excluding carboxylic acids is 2. The molecule has 1 saturated heterocycles. The minimum absolute atomic E-state index is 0.0741. The number of ether oxygens (including phenoxy) is 1. The molecule has 8 nitrogen and oxygen atoms in total. The molecule has 1 N–H and O–H groups in total. The molecular formula is C27H28N4O4. The van der Waals surface area contributed by atoms with Crippen LogP contribution in [0.2, 0.25) is 0 Å². The van der Waals surface area contributed by atoms with Crippen molar-refractivity contribution in [3.8, 4) is 5.75 Å². The molecule has 8 heteroatoms. The Balaban J connectivity index is 1.20. The van der Waals surface area contributed by atoms with E-state index in [1.165, 1.54) is 0 Å². The van der Waals surface area contributed by atoms with Crippen LogP contribution < -0.4 is 4.74 Å². The topological polar surface area (TPSA) is 91.7 Å². The van der Waals surface area contributed by atoms with Gasteiger partial charge in [0.25, 0.3) is 5.91 Å². The van der Waals surface area contributed by atoms with Crippen LogP contribution in [0.1, 0.15) is 32.9 Å². The molecule has 5 rings (SSSR count). The zero-order valence-corrected chi connectivity index (χ0v) is 19.9. The Morgan fingerprint density at radius 1 is 1.00 bits per heavy atom. The third kappa shape index (κ3) is 4.64. The fourth-order valence-electron chi connectivity index (χ4n) is 4.51. The number of nitrogens with zero attached hydrogens (tertiary/aromatic N) is 3. The SMILES string of the molecule is Cc1noc(C)c1COc1ccccc1C(=O)N1CCN(C(=O)Cc2c[nH]c3ccccc23)CC1. The van der Waals surface area contributed by atoms with Crippen LogP contribution in [0.15, 0.2) is 59.3 Å². The normalized spacial score (nSPS) is 13.9. The van der Waals surface area contributed by atoms with Gasteiger partial charge in [0.05, 0.1) is 23.2 Å². The van der Waals surface area contributed by atoms with Gasteiger partial charge >= 0.3 is 0 Å². The summed E-state index contributed by atoms with van der Waals surface area (Å²) in [4.78, 5) is 33.1. The van der Waals surface area contributed by atoms with Gasteiger partial charge in [-0.05, 0) is 37.6 Å². The molecule has 0 unspecified atom stereocenters. The van der Waals surface area contributed by atoms with E-state index >= 15 is 0 Å². The Bertz CT molecular complexity index is 1350. The summed E-state index contributed by atoms with van der Waals surface area (Å²) in [6.07, 6.45) is 2.25. The number of amides is 2. The molecule has 0 spiro atoms. The van der Waals surface area contributed by atoms with Crippen LogP contribution in [-0.4, -0.2) is 57.9 Å². The van der Waals surface area contributed by atoms with E-state index in [1.54, 1.807) is 17.0 Å². The maximum Gasteiger partial charge on any atom is 0.257 e. The van der Waals surface area contributed by atoms with Gasteiger partial charge in [0.15, 0.2) is 0 Å². The van der Waals surface area contributed by atoms with Gasteiger partial charge in [-0.3, -0.25) is 9.59 Å². The lowest BCUT2D eigenvalue weighted by Crippen LogP contribution is -2.51. The molecule has 0 saturated carbocycles. The summed E-state index contributed by atoms with van der Waals surface area (Å²) < 4.78 is 11.2. The quantitative estimate of drug-likeness (QED) is 0.460. The summed E-state index contributed by atoms with van der Waals surface area (Å²) in [5.74, 6) is 1.21. The van der Waals surface area contributed by atoms with E-state index in [4.69, 9.17) is 9.26 Å². The van der Waals surface area contributed by atoms with Crippen LogP contribution >= 0.6 is 0 Å². The number of hydrogen-bond donors (Lipinski definition) is 1. The second kappa shape index (κ2) is 9.66. The van der Waals surface area contributed by atoms with Gasteiger partial charge in [-0.25, -0.2) is 0 Å². The molecule has 2 aromatic heterocycles. The van der Waals surface area contributed by atoms with Crippen LogP contribution in [0.4, 0.5) is 0 Å². The molecule has 1 aliphatic heterocycles. The Morgan fingerprint density at radius 2 is 1.71 bits per heavy atom. The third-order valence-electron chi connectivity index (χ3n) is 6.61. The minimum atomic E-state index is -0.0944. The molecule has 2 aromatic carbocycles. The van der Waals surface area contributed by atoms with Crippen LogP contribution in [0.25, 0.3) is 10.9 Å². The fourth-order valence-corrected chi connectivity index (χ4v) is 4.51. The van der Waals surface area contributed by atoms with E-state index in [-0.39, 0.29) is 18.4 Å². The van der Waals surface area contributed by atoms with Crippen molar-refractivity contribution in [2.24, 2.45) is 0 Å². The highest BCUT2D eigenvalue weighted by atomic mass is 16.5. The number of rotatable bonds is 6. The maximum absolute atomic E-state index is 13.3. The van der Waals surface area contributed by atoms with Crippen LogP contribution in [0.3, 0.4) is 0 Å². The number of aromatic amines is 1. The number of hydrogen-bond acceptors (Lipinski definition) is 5. The lowest BCUT2D eigenvalue weighted by atomic mass is 10.1. The molecular weight excluding hydrogens is 444 g/mol. The number of H-pyrrole nitrogens is 1. The monoisotopic (exact) mass is 472 g/mol. The molecule has 3 heterocycles. The summed E-state index contributed by atoms with van der Waals surface area (Å²) >= 11 is 0. The van der Waals surface area contributed by atoms with Gasteiger partial charge in [0.2, 0.25) is 5.91 Å². The molecule has 0 radical (unpaired) electrons. The second-order valence-corrected chi connectivity index (χ2v) is 8.80. The largest absolute Gasteiger partial charge is 0.488 e. The van der Waals surface area contributed by atoms with Crippen molar-refractivity contribution < 1.29 is 18.8 Å². The first-order valence-corrected chi connectivity index (χ1v) is 11.8. The number of aryl methyl sites for hydroxylation is 2. The van der Waals surface area contributed by atoms with Crippen LogP contribution in [0.5, 0.6) is 5.75 Å². The van der Waals surface area contributed by atoms with Crippen molar-refractivity contribution in [2.45, 2.75) is 26.9 Å². The molecule has 1 aliphatic rings. The maximum atomic E-state index is 13.3. The highest BCUT2D eigenvalue weighted by Gasteiger charge is 2.27. The smallest absolute Gasteiger partial charge is 0.257 e. The number of benzene rings is 2. The Kier molecular flexibility index (Phi) is 6.27. The number of para-hydroxylation sites is 2. The number of aromatic nitrogens is 2. The van der Waals surface area contributed by atoms with E-state index < -0.39 is 0 Å². The number of carbonyl (C=O) groups is 2. The van der Waals surface area contributed by atoms with Gasteiger partial charge in [0, 0.05) is 43.3 Å². The molecule has 1 fully saturated rings. The average Bonchev–Trinajstić information content (AvgIpc) is 3.44. The minimum Gasteiger partial charge on any atom is -0.488 e. The van der Waals surface area contributed by atoms with E-state index in [9.17, 15) is 9.59 Å². The lowest BCUT2D eigenvalue weighted by Gasteiger charge is -2.35. The predicted molar refractivity (Wildman–Crippen MR) is 131 cm³/mol. The van der Waals surface area contributed by atoms with Gasteiger partial charge < -0.3 is 24.0 Å². The molecule has 35 heavy (non-hydrogen) atoms. The fraction of sp³-hybridized carbons (Fsp3) is 0.296. The van der Waals surface area contributed by atoms with E-state index in [0.29, 0.717) is 49.7 Å². The summed E-state index contributed by atoms with van der Waals surface area (Å²) in [5.41, 5.74) is 4.20. The molecule has 180 valence electrons. The summed E-state index contributed by atoms with van der Waals surface area (Å²) in [5, 5.41) is 5.03. The standard InChI is InChI=1S/C27H28N4O4/c1-18-23(19(2)35-29-18)17-34-25-10-6-4-8-22(25)27(33)31-13-11-30(12-14-31)26(32)15-20-16-28-24-9-5-3-7-21(20)24/h3-10,16,28H,11-15,17H2,1-2H3. The van der Waals surface area contributed by atoms with Gasteiger partial charge in [-0.15, -0.1) is 0 Å². The van der Waals surface area contributed by atoms with Gasteiger partial charge in [0.1, 0.15) is 18.1 Å². The first-order valence-electron chi connectivity index (χ1n) is 11.8. The molecule has 0 aliphatic carbocycles. The van der Waals surface area contributed by atoms with Crippen molar-refractivity contribution >= 4 is 22.7 Å². The summed E-state index contributed by atoms with van der Waals surface area (Å²) in [6, 6.07) is 15.2. The van der Waals surface area contributed by atoms with Crippen molar-refractivity contribution in [3.63, 3.8) is 0 Å². The van der Waals surface area contributed by atoms with Gasteiger partial charge in [-0.1, -0.05) is 35.5 Å². The Labute approximate surface area is 203 Å². The number of piperazine rings is 1. The first-order chi connectivity index (χ1) is 17.0. The summed E-state index contributed by atoms with van der Waals surface area (Å²) in [6.45, 7) is 5.97. The van der Waals surface area contributed by atoms with Crippen molar-refractivity contribution in [3.05, 3.63) is 82.9 Å². The van der Waals surface area contributed by atoms with Gasteiger partial charge in [-0.2, -0.15) is 0 Å². The second-order valence-electron chi connectivity index (χ2n) is 8.80. The number of fused-ring (bicyclic) bond motifs is 1. The highest BCUT2D eigenvalue weighted by molar-refractivity contribution is 5.97. The van der Waals surface area contributed by atoms with Crippen molar-refractivity contribution in [2.75, 3.05) is 26.2 Å². The van der Waals surface area contributed by atoms with E-state index in [2.05, 4.69) is 10.1 Å². The first kappa shape index (κ1) is 22.7. The molecule has 4 aromatic rings. The molecule has 2 amide bonds. The van der Waals surface area contributed by atoms with Crippen LogP contribution in [-0.2, 0) is 17.8 Å². The average molecular weight is 473 g/mol. The Hall–Kier alpha value is -4.07. The lowest BCUT2D eigenvalue weighted by molar-refractivity contribution is -0.131. The number of nitrogens with one attached hydrogen (secondary N) is 1. The molecule has 0 bridgehead atoms. The zero-order valence-electron chi connectivity index (χ0n) is 19.9. The summed E-state index contributed by atoms with van der Waals surface area (Å²) in [7, 11) is 0.